The number of halogens is 5. The van der Waals surface area contributed by atoms with E-state index in [-0.39, 0.29) is 36.5 Å². The monoisotopic (exact) mass is 559 g/mol. The Morgan fingerprint density at radius 2 is 1.68 bits per heavy atom. The average Bonchev–Trinajstić information content (AvgIpc) is 2.84. The fraction of sp³-hybridized carbons (Fsp3) is 0.750. The second-order valence-corrected chi connectivity index (χ2v) is 12.6. The third kappa shape index (κ3) is 6.77. The quantitative estimate of drug-likeness (QED) is 0.394. The Bertz CT molecular complexity index is 943. The van der Waals surface area contributed by atoms with Crippen molar-refractivity contribution in [2.24, 2.45) is 11.8 Å². The number of hydrogen-bond donors (Lipinski definition) is 0. The molecular formula is C28H38Cl2F3N3O. The van der Waals surface area contributed by atoms with E-state index in [1.54, 1.807) is 0 Å². The summed E-state index contributed by atoms with van der Waals surface area (Å²) >= 11 is 12.5. The van der Waals surface area contributed by atoms with Gasteiger partial charge in [0.25, 0.3) is 0 Å². The molecule has 3 saturated heterocycles. The third-order valence-corrected chi connectivity index (χ3v) is 9.85. The first kappa shape index (κ1) is 27.5. The van der Waals surface area contributed by atoms with Crippen molar-refractivity contribution in [2.75, 3.05) is 45.8 Å². The summed E-state index contributed by atoms with van der Waals surface area (Å²) in [6.07, 6.45) is 2.93. The minimum atomic E-state index is -2.57. The van der Waals surface area contributed by atoms with Gasteiger partial charge in [0.1, 0.15) is 6.17 Å². The lowest BCUT2D eigenvalue weighted by molar-refractivity contribution is -0.141. The minimum absolute atomic E-state index is 0.0848. The third-order valence-electron chi connectivity index (χ3n) is 9.11. The van der Waals surface area contributed by atoms with Gasteiger partial charge in [-0.25, -0.2) is 13.2 Å². The number of amides is 1. The molecule has 0 aromatic heterocycles. The van der Waals surface area contributed by atoms with Crippen LogP contribution in [0.5, 0.6) is 0 Å². The molecule has 206 valence electrons. The highest BCUT2D eigenvalue weighted by molar-refractivity contribution is 6.42. The van der Waals surface area contributed by atoms with Gasteiger partial charge in [0.15, 0.2) is 0 Å². The van der Waals surface area contributed by atoms with Crippen molar-refractivity contribution in [1.82, 2.24) is 14.7 Å². The molecule has 37 heavy (non-hydrogen) atoms. The van der Waals surface area contributed by atoms with Crippen LogP contribution in [0.3, 0.4) is 0 Å². The molecule has 0 spiro atoms. The van der Waals surface area contributed by atoms with E-state index < -0.39 is 12.1 Å². The van der Waals surface area contributed by atoms with Crippen molar-refractivity contribution in [3.63, 3.8) is 0 Å². The summed E-state index contributed by atoms with van der Waals surface area (Å²) in [5, 5.41) is 1.02. The maximum absolute atomic E-state index is 13.7. The van der Waals surface area contributed by atoms with Crippen LogP contribution in [0.15, 0.2) is 18.2 Å². The van der Waals surface area contributed by atoms with Crippen LogP contribution in [0, 0.1) is 11.8 Å². The second-order valence-electron chi connectivity index (χ2n) is 11.8. The molecule has 3 aliphatic heterocycles. The zero-order chi connectivity index (χ0) is 26.2. The standard InChI is InChI=1S/C28H38Cl2F3N3O/c29-25-2-1-20(14-26(25)30)22-13-21(5-10-34-17-24(18-34)35-11-6-23(31)7-12-35)27(37)36(16-22)15-19-3-8-28(32,33)9-4-19/h1-2,14,19,21-24H,3-13,15-18H2/t21-,22-/m0/s1. The van der Waals surface area contributed by atoms with Crippen LogP contribution in [0.25, 0.3) is 0 Å². The van der Waals surface area contributed by atoms with E-state index in [0.717, 1.165) is 51.1 Å². The second kappa shape index (κ2) is 11.6. The highest BCUT2D eigenvalue weighted by Gasteiger charge is 2.40. The number of nitrogens with zero attached hydrogens (tertiary/aromatic N) is 3. The molecule has 2 atom stereocenters. The van der Waals surface area contributed by atoms with Gasteiger partial charge >= 0.3 is 0 Å². The number of rotatable bonds is 7. The molecular weight excluding hydrogens is 522 g/mol. The Kier molecular flexibility index (Phi) is 8.64. The number of likely N-dealkylation sites (tertiary alicyclic amines) is 3. The van der Waals surface area contributed by atoms with E-state index in [9.17, 15) is 18.0 Å². The Morgan fingerprint density at radius 1 is 0.973 bits per heavy atom. The van der Waals surface area contributed by atoms with Crippen LogP contribution in [-0.4, -0.2) is 84.6 Å². The van der Waals surface area contributed by atoms with Gasteiger partial charge in [-0.3, -0.25) is 9.69 Å². The van der Waals surface area contributed by atoms with Gasteiger partial charge < -0.3 is 9.80 Å². The van der Waals surface area contributed by atoms with E-state index in [0.29, 0.717) is 54.9 Å². The Balaban J connectivity index is 1.20. The van der Waals surface area contributed by atoms with Crippen molar-refractivity contribution >= 4 is 29.1 Å². The number of benzene rings is 1. The zero-order valence-corrected chi connectivity index (χ0v) is 22.9. The van der Waals surface area contributed by atoms with Gasteiger partial charge in [-0.15, -0.1) is 0 Å². The van der Waals surface area contributed by atoms with Crippen LogP contribution in [0.4, 0.5) is 13.2 Å². The van der Waals surface area contributed by atoms with E-state index >= 15 is 0 Å². The molecule has 4 nitrogen and oxygen atoms in total. The highest BCUT2D eigenvalue weighted by atomic mass is 35.5. The maximum Gasteiger partial charge on any atom is 0.248 e. The first-order chi connectivity index (χ1) is 17.7. The number of piperidine rings is 2. The van der Waals surface area contributed by atoms with Crippen molar-refractivity contribution in [3.05, 3.63) is 33.8 Å². The summed E-state index contributed by atoms with van der Waals surface area (Å²) in [7, 11) is 0. The molecule has 0 unspecified atom stereocenters. The summed E-state index contributed by atoms with van der Waals surface area (Å²) < 4.78 is 40.9. The molecule has 1 aliphatic carbocycles. The predicted octanol–water partition coefficient (Wildman–Crippen LogP) is 6.26. The number of hydrogen-bond acceptors (Lipinski definition) is 3. The molecule has 0 bridgehead atoms. The molecule has 1 aromatic carbocycles. The van der Waals surface area contributed by atoms with Crippen molar-refractivity contribution in [1.29, 1.82) is 0 Å². The number of carbonyl (C=O) groups is 1. The lowest BCUT2D eigenvalue weighted by Crippen LogP contribution is -2.61. The van der Waals surface area contributed by atoms with E-state index in [2.05, 4.69) is 9.80 Å². The summed E-state index contributed by atoms with van der Waals surface area (Å²) in [4.78, 5) is 20.3. The Labute approximate surface area is 228 Å². The smallest absolute Gasteiger partial charge is 0.248 e. The summed E-state index contributed by atoms with van der Waals surface area (Å²) in [6.45, 7) is 5.66. The minimum Gasteiger partial charge on any atom is -0.342 e. The lowest BCUT2D eigenvalue weighted by Gasteiger charge is -2.48. The molecule has 1 amide bonds. The molecule has 3 heterocycles. The fourth-order valence-corrected chi connectivity index (χ4v) is 6.97. The van der Waals surface area contributed by atoms with Crippen molar-refractivity contribution in [3.8, 4) is 0 Å². The summed E-state index contributed by atoms with van der Waals surface area (Å²) in [5.41, 5.74) is 1.08. The van der Waals surface area contributed by atoms with Crippen LogP contribution in [0.2, 0.25) is 10.0 Å². The first-order valence-electron chi connectivity index (χ1n) is 13.9. The van der Waals surface area contributed by atoms with Crippen LogP contribution in [0.1, 0.15) is 62.8 Å². The van der Waals surface area contributed by atoms with Crippen molar-refractivity contribution in [2.45, 2.75) is 75.4 Å². The summed E-state index contributed by atoms with van der Waals surface area (Å²) in [5.74, 6) is -2.23. The average molecular weight is 561 g/mol. The Morgan fingerprint density at radius 3 is 2.35 bits per heavy atom. The lowest BCUT2D eigenvalue weighted by atomic mass is 9.80. The van der Waals surface area contributed by atoms with Gasteiger partial charge in [0.2, 0.25) is 11.8 Å². The molecule has 4 fully saturated rings. The predicted molar refractivity (Wildman–Crippen MR) is 141 cm³/mol. The van der Waals surface area contributed by atoms with E-state index in [1.165, 1.54) is 0 Å². The van der Waals surface area contributed by atoms with Gasteiger partial charge in [-0.1, -0.05) is 29.3 Å². The number of carbonyl (C=O) groups excluding carboxylic acids is 1. The highest BCUT2D eigenvalue weighted by Crippen LogP contribution is 2.39. The van der Waals surface area contributed by atoms with Crippen LogP contribution in [-0.2, 0) is 4.79 Å². The molecule has 0 radical (unpaired) electrons. The first-order valence-corrected chi connectivity index (χ1v) is 14.6. The molecule has 5 rings (SSSR count). The Hall–Kier alpha value is -1.02. The maximum atomic E-state index is 13.7. The largest absolute Gasteiger partial charge is 0.342 e. The van der Waals surface area contributed by atoms with Gasteiger partial charge in [-0.2, -0.15) is 0 Å². The topological polar surface area (TPSA) is 26.8 Å². The van der Waals surface area contributed by atoms with Crippen molar-refractivity contribution < 1.29 is 18.0 Å². The van der Waals surface area contributed by atoms with E-state index in [4.69, 9.17) is 23.2 Å². The normalized spacial score (nSPS) is 29.0. The van der Waals surface area contributed by atoms with Crippen LogP contribution < -0.4 is 0 Å². The molecule has 4 aliphatic rings. The van der Waals surface area contributed by atoms with Gasteiger partial charge in [0, 0.05) is 70.0 Å². The number of alkyl halides is 3. The fourth-order valence-electron chi connectivity index (χ4n) is 6.67. The van der Waals surface area contributed by atoms with Crippen LogP contribution >= 0.6 is 23.2 Å². The molecule has 9 heteroatoms. The van der Waals surface area contributed by atoms with Gasteiger partial charge in [0.05, 0.1) is 10.0 Å². The SMILES string of the molecule is O=C1[C@@H](CCN2CC(N3CCC(F)CC3)C2)C[C@H](c2ccc(Cl)c(Cl)c2)CN1CC1CCC(F)(F)CC1. The molecule has 1 aromatic rings. The molecule has 0 N–H and O–H groups in total. The van der Waals surface area contributed by atoms with E-state index in [1.807, 2.05) is 23.1 Å². The zero-order valence-electron chi connectivity index (χ0n) is 21.4. The molecule has 1 saturated carbocycles. The van der Waals surface area contributed by atoms with Gasteiger partial charge in [-0.05, 0) is 68.7 Å². The summed E-state index contributed by atoms with van der Waals surface area (Å²) in [6, 6.07) is 6.21.